The normalized spacial score (nSPS) is 16.1. The van der Waals surface area contributed by atoms with E-state index in [0.717, 1.165) is 19.4 Å². The zero-order chi connectivity index (χ0) is 20.2. The lowest BCUT2D eigenvalue weighted by Crippen LogP contribution is -2.40. The topological polar surface area (TPSA) is 70.2 Å². The number of H-pyrrole nitrogens is 1. The summed E-state index contributed by atoms with van der Waals surface area (Å²) >= 11 is 5.55. The molecule has 6 nitrogen and oxygen atoms in total. The van der Waals surface area contributed by atoms with Gasteiger partial charge in [-0.15, -0.1) is 0 Å². The highest BCUT2D eigenvalue weighted by atomic mass is 32.1. The summed E-state index contributed by atoms with van der Waals surface area (Å²) in [6.07, 6.45) is 1.96. The van der Waals surface area contributed by atoms with E-state index in [9.17, 15) is 9.18 Å². The molecule has 0 aliphatic carbocycles. The van der Waals surface area contributed by atoms with Gasteiger partial charge in [0.15, 0.2) is 5.11 Å². The molecule has 0 saturated carbocycles. The van der Waals surface area contributed by atoms with E-state index in [1.807, 2.05) is 11.0 Å². The van der Waals surface area contributed by atoms with Crippen LogP contribution in [0.15, 0.2) is 53.3 Å². The molecule has 2 N–H and O–H groups in total. The number of thiocarbonyl (C=S) groups is 1. The maximum Gasteiger partial charge on any atom is 0.258 e. The monoisotopic (exact) mass is 412 g/mol. The molecular formula is C21H21FN4O2S. The fourth-order valence-corrected chi connectivity index (χ4v) is 3.65. The minimum Gasteiger partial charge on any atom is -0.376 e. The Hall–Kier alpha value is -2.84. The second-order valence-corrected chi connectivity index (χ2v) is 7.34. The van der Waals surface area contributed by atoms with Crippen LogP contribution in [-0.2, 0) is 11.3 Å². The van der Waals surface area contributed by atoms with Crippen LogP contribution in [-0.4, -0.2) is 39.2 Å². The predicted molar refractivity (Wildman–Crippen MR) is 114 cm³/mol. The summed E-state index contributed by atoms with van der Waals surface area (Å²) in [5.41, 5.74) is 0.724. The largest absolute Gasteiger partial charge is 0.376 e. The predicted octanol–water partition coefficient (Wildman–Crippen LogP) is 3.44. The van der Waals surface area contributed by atoms with Crippen LogP contribution in [0, 0.1) is 5.82 Å². The first kappa shape index (κ1) is 19.5. The van der Waals surface area contributed by atoms with Crippen molar-refractivity contribution in [1.82, 2.24) is 14.9 Å². The second kappa shape index (κ2) is 8.67. The van der Waals surface area contributed by atoms with Gasteiger partial charge in [0.25, 0.3) is 5.56 Å². The van der Waals surface area contributed by atoms with E-state index >= 15 is 0 Å². The van der Waals surface area contributed by atoms with Gasteiger partial charge in [0.1, 0.15) is 11.6 Å². The highest BCUT2D eigenvalue weighted by Crippen LogP contribution is 2.18. The fourth-order valence-electron chi connectivity index (χ4n) is 3.40. The number of nitrogens with one attached hydrogen (secondary N) is 2. The fraction of sp³-hybridized carbons (Fsp3) is 0.286. The van der Waals surface area contributed by atoms with Crippen LogP contribution in [0.3, 0.4) is 0 Å². The number of rotatable bonds is 5. The molecule has 1 aliphatic heterocycles. The number of benzene rings is 2. The zero-order valence-corrected chi connectivity index (χ0v) is 16.5. The van der Waals surface area contributed by atoms with Crippen LogP contribution in [0.1, 0.15) is 18.7 Å². The maximum absolute atomic E-state index is 14.0. The average Bonchev–Trinajstić information content (AvgIpc) is 3.22. The molecule has 4 rings (SSSR count). The van der Waals surface area contributed by atoms with Crippen molar-refractivity contribution >= 4 is 33.9 Å². The Balaban J connectivity index is 1.59. The van der Waals surface area contributed by atoms with Crippen LogP contribution < -0.4 is 10.9 Å². The number of nitrogens with zero attached hydrogens (tertiary/aromatic N) is 2. The SMILES string of the molecule is O=c1[nH]c(CN(C[C@H]2CCCO2)C(=S)Nc2ccccc2F)nc2ccccc12. The molecule has 0 amide bonds. The van der Waals surface area contributed by atoms with Crippen LogP contribution in [0.5, 0.6) is 0 Å². The minimum atomic E-state index is -0.385. The van der Waals surface area contributed by atoms with Crippen molar-refractivity contribution in [1.29, 1.82) is 0 Å². The molecule has 1 aliphatic rings. The number of anilines is 1. The Morgan fingerprint density at radius 2 is 2.07 bits per heavy atom. The van der Waals surface area contributed by atoms with E-state index < -0.39 is 0 Å². The number of ether oxygens (including phenoxy) is 1. The molecule has 2 heterocycles. The first-order valence-electron chi connectivity index (χ1n) is 9.50. The third-order valence-corrected chi connectivity index (χ3v) is 5.21. The van der Waals surface area contributed by atoms with Gasteiger partial charge < -0.3 is 19.9 Å². The number of halogens is 1. The van der Waals surface area contributed by atoms with E-state index in [4.69, 9.17) is 17.0 Å². The third-order valence-electron chi connectivity index (χ3n) is 4.85. The van der Waals surface area contributed by atoms with E-state index in [2.05, 4.69) is 15.3 Å². The molecule has 0 unspecified atom stereocenters. The standard InChI is InChI=1S/C21H21FN4O2S/c22-16-8-2-4-10-18(16)24-21(29)26(12-14-6-5-11-28-14)13-19-23-17-9-3-1-7-15(17)20(27)25-19/h1-4,7-10,14H,5-6,11-13H2,(H,24,29)(H,23,25,27)/t14-/m1/s1. The molecule has 1 saturated heterocycles. The van der Waals surface area contributed by atoms with Gasteiger partial charge in [-0.25, -0.2) is 9.37 Å². The lowest BCUT2D eigenvalue weighted by atomic mass is 10.2. The van der Waals surface area contributed by atoms with Gasteiger partial charge in [0.05, 0.1) is 29.2 Å². The smallest absolute Gasteiger partial charge is 0.258 e. The van der Waals surface area contributed by atoms with Crippen LogP contribution >= 0.6 is 12.2 Å². The first-order valence-corrected chi connectivity index (χ1v) is 9.91. The van der Waals surface area contributed by atoms with Gasteiger partial charge in [-0.1, -0.05) is 24.3 Å². The van der Waals surface area contributed by atoms with Gasteiger partial charge >= 0.3 is 0 Å². The van der Waals surface area contributed by atoms with E-state index in [-0.39, 0.29) is 24.0 Å². The lowest BCUT2D eigenvalue weighted by molar-refractivity contribution is 0.0900. The number of para-hydroxylation sites is 2. The number of hydrogen-bond acceptors (Lipinski definition) is 4. The highest BCUT2D eigenvalue weighted by molar-refractivity contribution is 7.80. The van der Waals surface area contributed by atoms with Crippen molar-refractivity contribution in [2.75, 3.05) is 18.5 Å². The molecule has 3 aromatic rings. The van der Waals surface area contributed by atoms with Crippen LogP contribution in [0.4, 0.5) is 10.1 Å². The molecule has 0 bridgehead atoms. The zero-order valence-electron chi connectivity index (χ0n) is 15.7. The third kappa shape index (κ3) is 4.60. The van der Waals surface area contributed by atoms with E-state index in [0.29, 0.717) is 34.1 Å². The second-order valence-electron chi connectivity index (χ2n) is 6.96. The summed E-state index contributed by atoms with van der Waals surface area (Å²) in [4.78, 5) is 21.6. The first-order chi connectivity index (χ1) is 14.1. The summed E-state index contributed by atoms with van der Waals surface area (Å²) in [5.74, 6) is 0.105. The molecule has 1 aromatic heterocycles. The van der Waals surface area contributed by atoms with Crippen molar-refractivity contribution in [3.63, 3.8) is 0 Å². The molecule has 2 aromatic carbocycles. The summed E-state index contributed by atoms with van der Waals surface area (Å²) in [6.45, 7) is 1.52. The van der Waals surface area contributed by atoms with Crippen molar-refractivity contribution in [3.05, 3.63) is 70.5 Å². The molecule has 0 spiro atoms. The van der Waals surface area contributed by atoms with E-state index in [1.54, 1.807) is 36.4 Å². The quantitative estimate of drug-likeness (QED) is 0.626. The van der Waals surface area contributed by atoms with Crippen LogP contribution in [0.25, 0.3) is 10.9 Å². The van der Waals surface area contributed by atoms with Crippen molar-refractivity contribution in [2.45, 2.75) is 25.5 Å². The van der Waals surface area contributed by atoms with Gasteiger partial charge in [0, 0.05) is 13.2 Å². The van der Waals surface area contributed by atoms with Gasteiger partial charge in [-0.3, -0.25) is 4.79 Å². The molecule has 29 heavy (non-hydrogen) atoms. The summed E-state index contributed by atoms with van der Waals surface area (Å²) in [7, 11) is 0. The summed E-state index contributed by atoms with van der Waals surface area (Å²) in [6, 6.07) is 13.5. The molecule has 8 heteroatoms. The van der Waals surface area contributed by atoms with E-state index in [1.165, 1.54) is 6.07 Å². The average molecular weight is 412 g/mol. The lowest BCUT2D eigenvalue weighted by Gasteiger charge is -2.28. The molecule has 1 atom stereocenters. The number of aromatic amines is 1. The minimum absolute atomic E-state index is 0.0301. The number of fused-ring (bicyclic) bond motifs is 1. The maximum atomic E-state index is 14.0. The number of hydrogen-bond donors (Lipinski definition) is 2. The Kier molecular flexibility index (Phi) is 5.82. The van der Waals surface area contributed by atoms with Crippen LogP contribution in [0.2, 0.25) is 0 Å². The van der Waals surface area contributed by atoms with Gasteiger partial charge in [-0.2, -0.15) is 0 Å². The van der Waals surface area contributed by atoms with Crippen molar-refractivity contribution < 1.29 is 9.13 Å². The highest BCUT2D eigenvalue weighted by Gasteiger charge is 2.22. The Morgan fingerprint density at radius 3 is 2.86 bits per heavy atom. The molecule has 1 fully saturated rings. The summed E-state index contributed by atoms with van der Waals surface area (Å²) < 4.78 is 19.8. The van der Waals surface area contributed by atoms with Gasteiger partial charge in [0.2, 0.25) is 0 Å². The summed E-state index contributed by atoms with van der Waals surface area (Å²) in [5, 5.41) is 3.85. The molecule has 0 radical (unpaired) electrons. The molecule has 150 valence electrons. The van der Waals surface area contributed by atoms with Crippen molar-refractivity contribution in [2.24, 2.45) is 0 Å². The van der Waals surface area contributed by atoms with Crippen molar-refractivity contribution in [3.8, 4) is 0 Å². The van der Waals surface area contributed by atoms with Gasteiger partial charge in [-0.05, 0) is 49.3 Å². The number of aromatic nitrogens is 2. The molecular weight excluding hydrogens is 391 g/mol. The Bertz CT molecular complexity index is 1080. The Labute approximate surface area is 172 Å². The Morgan fingerprint density at radius 1 is 1.28 bits per heavy atom.